The lowest BCUT2D eigenvalue weighted by molar-refractivity contribution is 0.479. The monoisotopic (exact) mass is 361 g/mol. The Morgan fingerprint density at radius 3 is 2.07 bits per heavy atom. The topological polar surface area (TPSA) is 70.2 Å². The van der Waals surface area contributed by atoms with Crippen LogP contribution in [0.15, 0.2) is 30.3 Å². The van der Waals surface area contributed by atoms with Crippen molar-refractivity contribution >= 4 is 22.3 Å². The maximum atomic E-state index is 4.71. The van der Waals surface area contributed by atoms with E-state index in [0.717, 1.165) is 40.3 Å². The van der Waals surface area contributed by atoms with Crippen LogP contribution in [0.1, 0.15) is 59.4 Å². The normalized spacial score (nSPS) is 13.0. The molecule has 0 aliphatic carbocycles. The van der Waals surface area contributed by atoms with E-state index in [1.807, 2.05) is 0 Å². The van der Waals surface area contributed by atoms with E-state index in [1.54, 1.807) is 0 Å². The molecular weight excluding hydrogens is 334 g/mol. The van der Waals surface area contributed by atoms with Gasteiger partial charge in [0.25, 0.3) is 0 Å². The number of benzene rings is 1. The number of nitrogens with one attached hydrogen (secondary N) is 2. The van der Waals surface area contributed by atoms with Gasteiger partial charge in [-0.15, -0.1) is 0 Å². The maximum Gasteiger partial charge on any atom is 0.180 e. The lowest BCUT2D eigenvalue weighted by atomic mass is 9.87. The predicted octanol–water partition coefficient (Wildman–Crippen LogP) is 5.49. The number of rotatable bonds is 3. The average molecular weight is 361 g/mol. The van der Waals surface area contributed by atoms with Gasteiger partial charge in [0.1, 0.15) is 11.6 Å². The minimum Gasteiger partial charge on any atom is -0.340 e. The molecule has 0 saturated heterocycles. The molecule has 0 atom stereocenters. The molecule has 140 valence electrons. The molecule has 3 aromatic heterocycles. The van der Waals surface area contributed by atoms with Crippen molar-refractivity contribution < 1.29 is 0 Å². The molecule has 2 N–H and O–H groups in total. The standard InChI is InChI=1S/C22H27N5/c1-7-22(5,6)20-24-16-12-15-18(26-19(16)27-20)25-17(23-15)13-8-10-14(11-9-13)21(2,3)4/h8-12H,7H2,1-6H3,(H2,23,24,25,26,27). The molecule has 4 aromatic rings. The summed E-state index contributed by atoms with van der Waals surface area (Å²) in [5.74, 6) is 1.80. The van der Waals surface area contributed by atoms with Crippen LogP contribution in [0.25, 0.3) is 33.7 Å². The highest BCUT2D eigenvalue weighted by atomic mass is 15.1. The molecule has 0 amide bonds. The zero-order valence-corrected chi connectivity index (χ0v) is 16.9. The van der Waals surface area contributed by atoms with Gasteiger partial charge in [0.2, 0.25) is 0 Å². The van der Waals surface area contributed by atoms with E-state index in [9.17, 15) is 0 Å². The first-order chi connectivity index (χ1) is 12.7. The summed E-state index contributed by atoms with van der Waals surface area (Å²) in [4.78, 5) is 20.9. The van der Waals surface area contributed by atoms with Gasteiger partial charge in [-0.25, -0.2) is 15.0 Å². The van der Waals surface area contributed by atoms with Crippen LogP contribution in [-0.4, -0.2) is 24.9 Å². The number of aromatic nitrogens is 5. The highest BCUT2D eigenvalue weighted by molar-refractivity contribution is 5.87. The lowest BCUT2D eigenvalue weighted by Gasteiger charge is -2.18. The van der Waals surface area contributed by atoms with Crippen molar-refractivity contribution in [1.29, 1.82) is 0 Å². The molecule has 0 radical (unpaired) electrons. The van der Waals surface area contributed by atoms with Crippen LogP contribution >= 0.6 is 0 Å². The molecule has 0 aliphatic heterocycles. The number of nitrogens with zero attached hydrogens (tertiary/aromatic N) is 3. The molecule has 27 heavy (non-hydrogen) atoms. The van der Waals surface area contributed by atoms with Crippen molar-refractivity contribution in [2.24, 2.45) is 0 Å². The average Bonchev–Trinajstić information content (AvgIpc) is 3.22. The first-order valence-corrected chi connectivity index (χ1v) is 9.55. The third-order valence-electron chi connectivity index (χ3n) is 5.47. The molecule has 5 nitrogen and oxygen atoms in total. The quantitative estimate of drug-likeness (QED) is 0.507. The number of H-pyrrole nitrogens is 2. The van der Waals surface area contributed by atoms with Gasteiger partial charge in [0.05, 0.1) is 11.0 Å². The molecule has 3 heterocycles. The van der Waals surface area contributed by atoms with E-state index in [2.05, 4.69) is 86.8 Å². The molecule has 0 unspecified atom stereocenters. The van der Waals surface area contributed by atoms with Gasteiger partial charge >= 0.3 is 0 Å². The Morgan fingerprint density at radius 2 is 1.44 bits per heavy atom. The fourth-order valence-corrected chi connectivity index (χ4v) is 3.12. The van der Waals surface area contributed by atoms with Crippen LogP contribution in [0.5, 0.6) is 0 Å². The van der Waals surface area contributed by atoms with Crippen LogP contribution in [0.3, 0.4) is 0 Å². The highest BCUT2D eigenvalue weighted by Crippen LogP contribution is 2.28. The summed E-state index contributed by atoms with van der Waals surface area (Å²) in [6, 6.07) is 10.6. The first kappa shape index (κ1) is 17.7. The fourth-order valence-electron chi connectivity index (χ4n) is 3.12. The van der Waals surface area contributed by atoms with Crippen LogP contribution in [0, 0.1) is 0 Å². The van der Waals surface area contributed by atoms with Crippen LogP contribution in [0.4, 0.5) is 0 Å². The van der Waals surface area contributed by atoms with Gasteiger partial charge in [-0.2, -0.15) is 0 Å². The molecule has 0 saturated carbocycles. The number of hydrogen-bond acceptors (Lipinski definition) is 3. The van der Waals surface area contributed by atoms with Gasteiger partial charge in [0.15, 0.2) is 11.3 Å². The van der Waals surface area contributed by atoms with E-state index >= 15 is 0 Å². The molecule has 1 aromatic carbocycles. The van der Waals surface area contributed by atoms with Crippen molar-refractivity contribution in [1.82, 2.24) is 24.9 Å². The number of pyridine rings is 1. The molecule has 5 heteroatoms. The predicted molar refractivity (Wildman–Crippen MR) is 111 cm³/mol. The smallest absolute Gasteiger partial charge is 0.180 e. The Labute approximate surface area is 159 Å². The Balaban J connectivity index is 1.74. The van der Waals surface area contributed by atoms with Crippen LogP contribution in [0.2, 0.25) is 0 Å². The first-order valence-electron chi connectivity index (χ1n) is 9.55. The second-order valence-corrected chi connectivity index (χ2v) is 8.97. The molecule has 0 spiro atoms. The summed E-state index contributed by atoms with van der Waals surface area (Å²) in [5.41, 5.74) is 5.79. The minimum atomic E-state index is 0.00179. The zero-order valence-electron chi connectivity index (χ0n) is 16.9. The van der Waals surface area contributed by atoms with E-state index in [4.69, 9.17) is 9.97 Å². The summed E-state index contributed by atoms with van der Waals surface area (Å²) in [7, 11) is 0. The number of aromatic amines is 2. The number of fused-ring (bicyclic) bond motifs is 2. The van der Waals surface area contributed by atoms with Crippen LogP contribution < -0.4 is 0 Å². The lowest BCUT2D eigenvalue weighted by Crippen LogP contribution is -2.17. The summed E-state index contributed by atoms with van der Waals surface area (Å²) >= 11 is 0. The van der Waals surface area contributed by atoms with Gasteiger partial charge in [0, 0.05) is 11.0 Å². The second-order valence-electron chi connectivity index (χ2n) is 8.97. The molecule has 0 fully saturated rings. The third-order valence-corrected chi connectivity index (χ3v) is 5.47. The van der Waals surface area contributed by atoms with E-state index in [-0.39, 0.29) is 10.8 Å². The molecule has 4 rings (SSSR count). The molecule has 0 aliphatic rings. The maximum absolute atomic E-state index is 4.71. The van der Waals surface area contributed by atoms with Gasteiger partial charge < -0.3 is 9.97 Å². The van der Waals surface area contributed by atoms with Crippen molar-refractivity contribution in [3.63, 3.8) is 0 Å². The Hall–Kier alpha value is -2.69. The SMILES string of the molecule is CCC(C)(C)c1nc2nc3nc(-c4ccc(C(C)(C)C)cc4)[nH]c3cc2[nH]1. The Bertz CT molecular complexity index is 1060. The third kappa shape index (κ3) is 3.11. The van der Waals surface area contributed by atoms with Crippen molar-refractivity contribution in [3.05, 3.63) is 41.7 Å². The number of hydrogen-bond donors (Lipinski definition) is 2. The Kier molecular flexibility index (Phi) is 3.88. The molecular formula is C22H27N5. The van der Waals surface area contributed by atoms with Crippen molar-refractivity contribution in [2.45, 2.75) is 58.8 Å². The van der Waals surface area contributed by atoms with Gasteiger partial charge in [-0.05, 0) is 23.5 Å². The number of imidazole rings is 2. The van der Waals surface area contributed by atoms with Crippen molar-refractivity contribution in [3.8, 4) is 11.4 Å². The van der Waals surface area contributed by atoms with Crippen LogP contribution in [-0.2, 0) is 10.8 Å². The van der Waals surface area contributed by atoms with E-state index in [0.29, 0.717) is 5.65 Å². The summed E-state index contributed by atoms with van der Waals surface area (Å²) < 4.78 is 0. The minimum absolute atomic E-state index is 0.00179. The van der Waals surface area contributed by atoms with Crippen molar-refractivity contribution in [2.75, 3.05) is 0 Å². The summed E-state index contributed by atoms with van der Waals surface area (Å²) in [5, 5.41) is 0. The zero-order chi connectivity index (χ0) is 19.4. The largest absolute Gasteiger partial charge is 0.340 e. The molecule has 0 bridgehead atoms. The van der Waals surface area contributed by atoms with E-state index < -0.39 is 0 Å². The second kappa shape index (κ2) is 5.91. The van der Waals surface area contributed by atoms with Gasteiger partial charge in [-0.1, -0.05) is 65.8 Å². The summed E-state index contributed by atoms with van der Waals surface area (Å²) in [6.45, 7) is 13.2. The summed E-state index contributed by atoms with van der Waals surface area (Å²) in [6.07, 6.45) is 1.01. The van der Waals surface area contributed by atoms with E-state index in [1.165, 1.54) is 5.56 Å². The van der Waals surface area contributed by atoms with Gasteiger partial charge in [-0.3, -0.25) is 0 Å². The Morgan fingerprint density at radius 1 is 0.815 bits per heavy atom. The highest BCUT2D eigenvalue weighted by Gasteiger charge is 2.23. The fraction of sp³-hybridized carbons (Fsp3) is 0.409.